The topological polar surface area (TPSA) is 46.6 Å². The summed E-state index contributed by atoms with van der Waals surface area (Å²) in [6.07, 6.45) is 6.03. The molecule has 1 aliphatic rings. The molecule has 0 atom stereocenters. The molecule has 0 aliphatic carbocycles. The maximum Gasteiger partial charge on any atom is 0.303 e. The fraction of sp³-hybridized carbons (Fsp3) is 0.600. The average molecular weight is 197 g/mol. The predicted octanol–water partition coefficient (Wildman–Crippen LogP) is 0.728. The van der Waals surface area contributed by atoms with Gasteiger partial charge in [-0.25, -0.2) is 0 Å². The van der Waals surface area contributed by atoms with E-state index in [0.717, 1.165) is 19.4 Å². The molecule has 14 heavy (non-hydrogen) atoms. The lowest BCUT2D eigenvalue weighted by atomic mass is 10.3. The van der Waals surface area contributed by atoms with Crippen molar-refractivity contribution in [1.82, 2.24) is 4.90 Å². The number of ether oxygens (including phenoxy) is 1. The Morgan fingerprint density at radius 3 is 2.93 bits per heavy atom. The molecule has 4 heteroatoms. The van der Waals surface area contributed by atoms with Crippen LogP contribution in [0, 0.1) is 0 Å². The van der Waals surface area contributed by atoms with Gasteiger partial charge < -0.3 is 9.64 Å². The first kappa shape index (κ1) is 10.8. The van der Waals surface area contributed by atoms with Crippen molar-refractivity contribution in [2.24, 2.45) is 0 Å². The molecule has 0 radical (unpaired) electrons. The van der Waals surface area contributed by atoms with Gasteiger partial charge in [-0.1, -0.05) is 12.2 Å². The Morgan fingerprint density at radius 2 is 2.21 bits per heavy atom. The summed E-state index contributed by atoms with van der Waals surface area (Å²) in [7, 11) is 0. The van der Waals surface area contributed by atoms with Gasteiger partial charge in [-0.05, 0) is 12.8 Å². The maximum absolute atomic E-state index is 11.5. The van der Waals surface area contributed by atoms with Crippen molar-refractivity contribution in [3.8, 4) is 0 Å². The molecule has 0 aromatic carbocycles. The number of rotatable bonds is 2. The first-order chi connectivity index (χ1) is 6.70. The summed E-state index contributed by atoms with van der Waals surface area (Å²) in [4.78, 5) is 23.7. The van der Waals surface area contributed by atoms with Gasteiger partial charge >= 0.3 is 5.97 Å². The summed E-state index contributed by atoms with van der Waals surface area (Å²) < 4.78 is 4.64. The third-order valence-corrected chi connectivity index (χ3v) is 2.04. The molecule has 1 heterocycles. The first-order valence-electron chi connectivity index (χ1n) is 4.76. The Labute approximate surface area is 83.5 Å². The molecule has 0 bridgehead atoms. The quantitative estimate of drug-likeness (QED) is 0.484. The number of carbonyl (C=O) groups is 2. The van der Waals surface area contributed by atoms with Gasteiger partial charge in [0.25, 0.3) is 5.91 Å². The summed E-state index contributed by atoms with van der Waals surface area (Å²) in [5, 5.41) is 0. The molecule has 78 valence electrons. The van der Waals surface area contributed by atoms with Crippen LogP contribution in [-0.4, -0.2) is 36.5 Å². The fourth-order valence-electron chi connectivity index (χ4n) is 1.29. The second-order valence-electron chi connectivity index (χ2n) is 3.23. The minimum atomic E-state index is -0.413. The molecule has 0 fully saturated rings. The highest BCUT2D eigenvalue weighted by Crippen LogP contribution is 2.03. The lowest BCUT2D eigenvalue weighted by Crippen LogP contribution is -2.34. The van der Waals surface area contributed by atoms with E-state index in [1.165, 1.54) is 6.92 Å². The highest BCUT2D eigenvalue weighted by Gasteiger charge is 2.13. The second kappa shape index (κ2) is 5.42. The van der Waals surface area contributed by atoms with E-state index in [1.807, 2.05) is 6.08 Å². The van der Waals surface area contributed by atoms with Gasteiger partial charge in [-0.3, -0.25) is 9.59 Å². The van der Waals surface area contributed by atoms with Gasteiger partial charge in [0.15, 0.2) is 6.61 Å². The number of nitrogens with zero attached hydrogens (tertiary/aromatic N) is 1. The smallest absolute Gasteiger partial charge is 0.303 e. The van der Waals surface area contributed by atoms with Crippen LogP contribution in [-0.2, 0) is 14.3 Å². The standard InChI is InChI=1S/C10H15NO3/c1-9(12)14-8-10(13)11-6-4-2-3-5-7-11/h2,4H,3,5-8H2,1H3. The molecular weight excluding hydrogens is 182 g/mol. The summed E-state index contributed by atoms with van der Waals surface area (Å²) in [5.74, 6) is -0.532. The summed E-state index contributed by atoms with van der Waals surface area (Å²) in [6, 6.07) is 0. The molecule has 0 aromatic rings. The van der Waals surface area contributed by atoms with Gasteiger partial charge in [-0.15, -0.1) is 0 Å². The molecule has 0 aromatic heterocycles. The molecule has 1 aliphatic heterocycles. The average Bonchev–Trinajstić information content (AvgIpc) is 2.42. The van der Waals surface area contributed by atoms with Crippen LogP contribution in [0.3, 0.4) is 0 Å². The molecule has 1 rings (SSSR count). The molecule has 0 spiro atoms. The molecule has 1 amide bonds. The normalized spacial score (nSPS) is 16.2. The van der Waals surface area contributed by atoms with E-state index in [9.17, 15) is 9.59 Å². The van der Waals surface area contributed by atoms with Crippen LogP contribution in [0.2, 0.25) is 0 Å². The van der Waals surface area contributed by atoms with Crippen molar-refractivity contribution in [1.29, 1.82) is 0 Å². The minimum absolute atomic E-state index is 0.119. The highest BCUT2D eigenvalue weighted by molar-refractivity contribution is 5.80. The van der Waals surface area contributed by atoms with Crippen LogP contribution in [0.15, 0.2) is 12.2 Å². The maximum atomic E-state index is 11.5. The summed E-state index contributed by atoms with van der Waals surface area (Å²) in [6.45, 7) is 2.53. The lowest BCUT2D eigenvalue weighted by Gasteiger charge is -2.18. The fourth-order valence-corrected chi connectivity index (χ4v) is 1.29. The largest absolute Gasteiger partial charge is 0.456 e. The number of esters is 1. The van der Waals surface area contributed by atoms with E-state index in [4.69, 9.17) is 0 Å². The van der Waals surface area contributed by atoms with Crippen molar-refractivity contribution < 1.29 is 14.3 Å². The van der Waals surface area contributed by atoms with Crippen molar-refractivity contribution in [2.75, 3.05) is 19.7 Å². The predicted molar refractivity (Wildman–Crippen MR) is 51.6 cm³/mol. The van der Waals surface area contributed by atoms with Gasteiger partial charge in [0.1, 0.15) is 0 Å². The van der Waals surface area contributed by atoms with E-state index < -0.39 is 5.97 Å². The third-order valence-electron chi connectivity index (χ3n) is 2.04. The number of hydrogen-bond acceptors (Lipinski definition) is 3. The second-order valence-corrected chi connectivity index (χ2v) is 3.23. The number of hydrogen-bond donors (Lipinski definition) is 0. The Balaban J connectivity index is 2.35. The van der Waals surface area contributed by atoms with E-state index >= 15 is 0 Å². The summed E-state index contributed by atoms with van der Waals surface area (Å²) >= 11 is 0. The van der Waals surface area contributed by atoms with Crippen LogP contribution in [0.25, 0.3) is 0 Å². The molecular formula is C10H15NO3. The number of amides is 1. The molecule has 0 saturated carbocycles. The van der Waals surface area contributed by atoms with Crippen molar-refractivity contribution in [3.63, 3.8) is 0 Å². The summed E-state index contributed by atoms with van der Waals surface area (Å²) in [5.41, 5.74) is 0. The zero-order chi connectivity index (χ0) is 10.4. The molecule has 0 N–H and O–H groups in total. The zero-order valence-electron chi connectivity index (χ0n) is 8.36. The van der Waals surface area contributed by atoms with E-state index in [2.05, 4.69) is 10.8 Å². The Morgan fingerprint density at radius 1 is 1.43 bits per heavy atom. The Bertz CT molecular complexity index is 248. The third kappa shape index (κ3) is 3.60. The van der Waals surface area contributed by atoms with E-state index in [1.54, 1.807) is 4.90 Å². The van der Waals surface area contributed by atoms with Crippen molar-refractivity contribution in [3.05, 3.63) is 12.2 Å². The van der Waals surface area contributed by atoms with Crippen molar-refractivity contribution >= 4 is 11.9 Å². The zero-order valence-corrected chi connectivity index (χ0v) is 8.36. The van der Waals surface area contributed by atoms with E-state index in [-0.39, 0.29) is 12.5 Å². The number of carbonyl (C=O) groups excluding carboxylic acids is 2. The highest BCUT2D eigenvalue weighted by atomic mass is 16.5. The Kier molecular flexibility index (Phi) is 4.16. The van der Waals surface area contributed by atoms with E-state index in [0.29, 0.717) is 6.54 Å². The van der Waals surface area contributed by atoms with Gasteiger partial charge in [0, 0.05) is 20.0 Å². The Hall–Kier alpha value is -1.32. The van der Waals surface area contributed by atoms with Gasteiger partial charge in [-0.2, -0.15) is 0 Å². The van der Waals surface area contributed by atoms with Gasteiger partial charge in [0.2, 0.25) is 0 Å². The van der Waals surface area contributed by atoms with Crippen LogP contribution >= 0.6 is 0 Å². The SMILES string of the molecule is CC(=O)OCC(=O)N1CC=CCCC1. The van der Waals surface area contributed by atoms with Gasteiger partial charge in [0.05, 0.1) is 0 Å². The van der Waals surface area contributed by atoms with Crippen molar-refractivity contribution in [2.45, 2.75) is 19.8 Å². The van der Waals surface area contributed by atoms with Crippen LogP contribution in [0.1, 0.15) is 19.8 Å². The van der Waals surface area contributed by atoms with Crippen LogP contribution in [0.5, 0.6) is 0 Å². The lowest BCUT2D eigenvalue weighted by molar-refractivity contribution is -0.150. The molecule has 4 nitrogen and oxygen atoms in total. The monoisotopic (exact) mass is 197 g/mol. The van der Waals surface area contributed by atoms with Crippen LogP contribution < -0.4 is 0 Å². The minimum Gasteiger partial charge on any atom is -0.456 e. The van der Waals surface area contributed by atoms with Crippen LogP contribution in [0.4, 0.5) is 0 Å². The number of allylic oxidation sites excluding steroid dienone is 1. The molecule has 0 unspecified atom stereocenters. The molecule has 0 saturated heterocycles. The first-order valence-corrected chi connectivity index (χ1v) is 4.76.